The number of hydrogen-bond donors (Lipinski definition) is 1. The van der Waals surface area contributed by atoms with Gasteiger partial charge in [-0.2, -0.15) is 0 Å². The zero-order valence-electron chi connectivity index (χ0n) is 9.71. The van der Waals surface area contributed by atoms with Crippen LogP contribution in [-0.2, 0) is 4.79 Å². The van der Waals surface area contributed by atoms with Gasteiger partial charge in [0.15, 0.2) is 0 Å². The van der Waals surface area contributed by atoms with Gasteiger partial charge in [0.1, 0.15) is 0 Å². The van der Waals surface area contributed by atoms with Gasteiger partial charge in [0.05, 0.1) is 0 Å². The predicted molar refractivity (Wildman–Crippen MR) is 73.1 cm³/mol. The summed E-state index contributed by atoms with van der Waals surface area (Å²) in [5.74, 6) is 1.03. The van der Waals surface area contributed by atoms with Crippen molar-refractivity contribution in [3.8, 4) is 11.1 Å². The maximum absolute atomic E-state index is 8.36. The number of carboxylic acid groups (broad SMARTS) is 1. The van der Waals surface area contributed by atoms with Gasteiger partial charge in [0, 0.05) is 11.8 Å². The third-order valence-corrected chi connectivity index (χ3v) is 3.43. The normalized spacial score (nSPS) is 12.1. The second-order valence-electron chi connectivity index (χ2n) is 3.99. The summed E-state index contributed by atoms with van der Waals surface area (Å²) in [6.07, 6.45) is 0. The van der Waals surface area contributed by atoms with Crippen molar-refractivity contribution in [1.82, 2.24) is 0 Å². The molecule has 0 atom stereocenters. The minimum atomic E-state index is -0.250. The van der Waals surface area contributed by atoms with E-state index in [1.807, 2.05) is 0 Å². The van der Waals surface area contributed by atoms with Crippen LogP contribution in [0.1, 0.15) is 17.0 Å². The van der Waals surface area contributed by atoms with E-state index in [1.165, 1.54) is 22.3 Å². The van der Waals surface area contributed by atoms with Gasteiger partial charge in [-0.3, -0.25) is 4.79 Å². The number of fused-ring (bicyclic) bond motifs is 3. The molecule has 0 radical (unpaired) electrons. The highest BCUT2D eigenvalue weighted by Gasteiger charge is 2.26. The van der Waals surface area contributed by atoms with Gasteiger partial charge in [-0.25, -0.2) is 0 Å². The van der Waals surface area contributed by atoms with Gasteiger partial charge in [0.2, 0.25) is 0 Å². The van der Waals surface area contributed by atoms with Crippen LogP contribution in [0.3, 0.4) is 0 Å². The molecule has 0 spiro atoms. The molecule has 3 rings (SSSR count). The van der Waals surface area contributed by atoms with E-state index >= 15 is 0 Å². The number of hydrogen-bond acceptors (Lipinski definition) is 1. The van der Waals surface area contributed by atoms with Gasteiger partial charge in [0.25, 0.3) is 6.47 Å². The molecule has 0 saturated carbocycles. The molecule has 0 amide bonds. The molecule has 0 aliphatic heterocycles. The Labute approximate surface area is 111 Å². The van der Waals surface area contributed by atoms with Gasteiger partial charge in [-0.15, -0.1) is 11.6 Å². The third kappa shape index (κ3) is 2.12. The predicted octanol–water partition coefficient (Wildman–Crippen LogP) is 3.74. The molecule has 0 unspecified atom stereocenters. The second-order valence-corrected chi connectivity index (χ2v) is 4.30. The highest BCUT2D eigenvalue weighted by Crippen LogP contribution is 2.44. The van der Waals surface area contributed by atoms with Gasteiger partial charge in [-0.1, -0.05) is 48.5 Å². The van der Waals surface area contributed by atoms with Crippen molar-refractivity contribution in [3.05, 3.63) is 59.7 Å². The van der Waals surface area contributed by atoms with Gasteiger partial charge >= 0.3 is 0 Å². The monoisotopic (exact) mass is 260 g/mol. The Balaban J connectivity index is 0.000000367. The third-order valence-electron chi connectivity index (χ3n) is 3.12. The number of benzene rings is 2. The molecule has 1 N–H and O–H groups in total. The molecule has 0 saturated heterocycles. The average molecular weight is 261 g/mol. The second kappa shape index (κ2) is 5.69. The van der Waals surface area contributed by atoms with Crippen molar-refractivity contribution in [2.24, 2.45) is 0 Å². The van der Waals surface area contributed by atoms with Crippen LogP contribution >= 0.6 is 11.6 Å². The Kier molecular flexibility index (Phi) is 4.00. The molecule has 2 aromatic rings. The minimum absolute atomic E-state index is 0.250. The summed E-state index contributed by atoms with van der Waals surface area (Å²) < 4.78 is 0. The highest BCUT2D eigenvalue weighted by molar-refractivity contribution is 6.19. The zero-order valence-corrected chi connectivity index (χ0v) is 10.5. The lowest BCUT2D eigenvalue weighted by molar-refractivity contribution is -0.122. The van der Waals surface area contributed by atoms with E-state index in [9.17, 15) is 0 Å². The molecule has 0 fully saturated rings. The molecule has 3 heteroatoms. The average Bonchev–Trinajstić information content (AvgIpc) is 2.73. The van der Waals surface area contributed by atoms with E-state index < -0.39 is 0 Å². The van der Waals surface area contributed by atoms with Crippen LogP contribution in [-0.4, -0.2) is 17.5 Å². The first-order chi connectivity index (χ1) is 8.83. The fourth-order valence-electron chi connectivity index (χ4n) is 2.43. The maximum Gasteiger partial charge on any atom is 0.290 e. The van der Waals surface area contributed by atoms with E-state index in [2.05, 4.69) is 48.5 Å². The number of halogens is 1. The van der Waals surface area contributed by atoms with Gasteiger partial charge < -0.3 is 5.11 Å². The van der Waals surface area contributed by atoms with Crippen molar-refractivity contribution in [2.45, 2.75) is 5.92 Å². The van der Waals surface area contributed by atoms with Crippen molar-refractivity contribution < 1.29 is 9.90 Å². The van der Waals surface area contributed by atoms with E-state index in [1.54, 1.807) is 0 Å². The van der Waals surface area contributed by atoms with Crippen LogP contribution in [0.15, 0.2) is 48.5 Å². The Morgan fingerprint density at radius 2 is 1.39 bits per heavy atom. The zero-order chi connectivity index (χ0) is 13.0. The summed E-state index contributed by atoms with van der Waals surface area (Å²) in [7, 11) is 0. The molecule has 92 valence electrons. The standard InChI is InChI=1S/C14H11Cl.CH2O2/c15-9-14-12-7-3-1-5-10(12)11-6-2-4-8-13(11)14;2-1-3/h1-8,14H,9H2;1H,(H,2,3). The van der Waals surface area contributed by atoms with Gasteiger partial charge in [-0.05, 0) is 22.3 Å². The van der Waals surface area contributed by atoms with Crippen LogP contribution in [0.2, 0.25) is 0 Å². The summed E-state index contributed by atoms with van der Waals surface area (Å²) in [6, 6.07) is 17.1. The SMILES string of the molecule is ClCC1c2ccccc2-c2ccccc21.O=CO. The van der Waals surface area contributed by atoms with E-state index in [0.717, 1.165) is 0 Å². The first-order valence-electron chi connectivity index (χ1n) is 5.65. The highest BCUT2D eigenvalue weighted by atomic mass is 35.5. The summed E-state index contributed by atoms with van der Waals surface area (Å²) in [5.41, 5.74) is 5.43. The van der Waals surface area contributed by atoms with Crippen LogP contribution < -0.4 is 0 Å². The van der Waals surface area contributed by atoms with E-state index in [-0.39, 0.29) is 6.47 Å². The first kappa shape index (κ1) is 12.7. The Hall–Kier alpha value is -1.80. The molecule has 2 aromatic carbocycles. The first-order valence-corrected chi connectivity index (χ1v) is 6.19. The van der Waals surface area contributed by atoms with Crippen LogP contribution in [0.25, 0.3) is 11.1 Å². The van der Waals surface area contributed by atoms with Crippen molar-refractivity contribution in [3.63, 3.8) is 0 Å². The van der Waals surface area contributed by atoms with E-state index in [0.29, 0.717) is 11.8 Å². The van der Waals surface area contributed by atoms with Crippen molar-refractivity contribution >= 4 is 18.1 Å². The van der Waals surface area contributed by atoms with E-state index in [4.69, 9.17) is 21.5 Å². The molecule has 2 nitrogen and oxygen atoms in total. The summed E-state index contributed by atoms with van der Waals surface area (Å²) in [4.78, 5) is 8.36. The fraction of sp³-hybridized carbons (Fsp3) is 0.133. The topological polar surface area (TPSA) is 37.3 Å². The number of alkyl halides is 1. The van der Waals surface area contributed by atoms with Crippen LogP contribution in [0, 0.1) is 0 Å². The lowest BCUT2D eigenvalue weighted by atomic mass is 9.99. The quantitative estimate of drug-likeness (QED) is 0.626. The van der Waals surface area contributed by atoms with Crippen molar-refractivity contribution in [1.29, 1.82) is 0 Å². The lowest BCUT2D eigenvalue weighted by Gasteiger charge is -2.08. The van der Waals surface area contributed by atoms with Crippen LogP contribution in [0.5, 0.6) is 0 Å². The molecule has 0 bridgehead atoms. The molecule has 1 aliphatic carbocycles. The summed E-state index contributed by atoms with van der Waals surface area (Å²) in [6.45, 7) is -0.250. The van der Waals surface area contributed by atoms with Crippen molar-refractivity contribution in [2.75, 3.05) is 5.88 Å². The Morgan fingerprint density at radius 1 is 1.00 bits per heavy atom. The Morgan fingerprint density at radius 3 is 1.78 bits per heavy atom. The number of rotatable bonds is 1. The fourth-order valence-corrected chi connectivity index (χ4v) is 2.76. The molecule has 0 heterocycles. The summed E-state index contributed by atoms with van der Waals surface area (Å²) in [5, 5.41) is 6.89. The smallest absolute Gasteiger partial charge is 0.290 e. The molecular weight excluding hydrogens is 248 g/mol. The molecule has 1 aliphatic rings. The maximum atomic E-state index is 8.36. The lowest BCUT2D eigenvalue weighted by Crippen LogP contribution is -1.96. The van der Waals surface area contributed by atoms with Crippen LogP contribution in [0.4, 0.5) is 0 Å². The Bertz CT molecular complexity index is 506. The molecule has 18 heavy (non-hydrogen) atoms. The largest absolute Gasteiger partial charge is 0.483 e. The minimum Gasteiger partial charge on any atom is -0.483 e. The molecular formula is C15H13ClO2. The summed E-state index contributed by atoms with van der Waals surface area (Å²) >= 11 is 6.06. The molecule has 0 aromatic heterocycles. The number of carbonyl (C=O) groups is 1.